The molecule has 236 valence electrons. The molecule has 2 aliphatic rings. The van der Waals surface area contributed by atoms with Crippen LogP contribution in [0.1, 0.15) is 48.7 Å². The molecule has 2 saturated heterocycles. The van der Waals surface area contributed by atoms with Gasteiger partial charge in [0.15, 0.2) is 0 Å². The number of hydrogen-bond acceptors (Lipinski definition) is 7. The number of aliphatic hydroxyl groups is 1. The Labute approximate surface area is 269 Å². The average Bonchev–Trinajstić information content (AvgIpc) is 3.60. The molecule has 2 aromatic carbocycles. The standard InChI is InChI=1S/C18H12ClNO4.C13H27N3O.2ClH/c19-12-3-1-6-16-17(12)10(9-24-16)8-23-15-5-2-4-13-11(15)7-14(20-13)18(21)22;1-11(16-8-4-13(17)5-9-16)10-15-6-2-12(14)3-7-15;;/h1-7,9,20H,8H2,(H,21,22);11-13,17H,2-10,14H2,1H3;2*1H/t;11-;;/m.0../s1. The van der Waals surface area contributed by atoms with Gasteiger partial charge in [-0.3, -0.25) is 4.90 Å². The first-order valence-corrected chi connectivity index (χ1v) is 14.7. The number of nitrogens with one attached hydrogen (secondary N) is 1. The number of fused-ring (bicyclic) bond motifs is 2. The molecular formula is C31H41Cl3N4O5. The van der Waals surface area contributed by atoms with Crippen molar-refractivity contribution in [2.24, 2.45) is 5.73 Å². The van der Waals surface area contributed by atoms with E-state index in [1.165, 1.54) is 0 Å². The average molecular weight is 656 g/mol. The van der Waals surface area contributed by atoms with Gasteiger partial charge in [-0.2, -0.15) is 0 Å². The molecule has 4 aromatic rings. The van der Waals surface area contributed by atoms with Gasteiger partial charge in [0.2, 0.25) is 0 Å². The number of H-pyrrole nitrogens is 1. The van der Waals surface area contributed by atoms with E-state index in [2.05, 4.69) is 21.7 Å². The Hall–Kier alpha value is -2.50. The predicted molar refractivity (Wildman–Crippen MR) is 175 cm³/mol. The topological polar surface area (TPSA) is 128 Å². The lowest BCUT2D eigenvalue weighted by atomic mass is 10.0. The lowest BCUT2D eigenvalue weighted by Crippen LogP contribution is -2.49. The fraction of sp³-hybridized carbons (Fsp3) is 0.452. The minimum absolute atomic E-state index is 0. The number of nitrogens with two attached hydrogens (primary N) is 1. The summed E-state index contributed by atoms with van der Waals surface area (Å²) in [7, 11) is 0. The van der Waals surface area contributed by atoms with E-state index in [1.807, 2.05) is 12.1 Å². The number of rotatable bonds is 7. The monoisotopic (exact) mass is 654 g/mol. The van der Waals surface area contributed by atoms with E-state index >= 15 is 0 Å². The van der Waals surface area contributed by atoms with Crippen LogP contribution in [0.4, 0.5) is 0 Å². The number of nitrogens with zero attached hydrogens (tertiary/aromatic N) is 2. The van der Waals surface area contributed by atoms with Crippen LogP contribution in [0.25, 0.3) is 21.9 Å². The molecule has 0 saturated carbocycles. The number of benzene rings is 2. The summed E-state index contributed by atoms with van der Waals surface area (Å²) >= 11 is 6.23. The fourth-order valence-corrected chi connectivity index (χ4v) is 5.98. The first kappa shape index (κ1) is 35.0. The molecule has 0 aliphatic carbocycles. The maximum Gasteiger partial charge on any atom is 0.352 e. The highest BCUT2D eigenvalue weighted by Crippen LogP contribution is 2.31. The highest BCUT2D eigenvalue weighted by molar-refractivity contribution is 6.35. The van der Waals surface area contributed by atoms with Crippen LogP contribution in [-0.4, -0.2) is 81.9 Å². The number of aromatic nitrogens is 1. The molecule has 0 spiro atoms. The van der Waals surface area contributed by atoms with Gasteiger partial charge in [0.25, 0.3) is 0 Å². The molecule has 0 radical (unpaired) electrons. The van der Waals surface area contributed by atoms with Gasteiger partial charge >= 0.3 is 5.97 Å². The van der Waals surface area contributed by atoms with E-state index in [0.717, 1.165) is 69.4 Å². The number of carboxylic acid groups (broad SMARTS) is 1. The zero-order valence-electron chi connectivity index (χ0n) is 24.2. The molecule has 0 unspecified atom stereocenters. The molecule has 1 atom stereocenters. The van der Waals surface area contributed by atoms with E-state index in [9.17, 15) is 9.90 Å². The quantitative estimate of drug-likeness (QED) is 0.193. The smallest absolute Gasteiger partial charge is 0.352 e. The number of aromatic amines is 1. The minimum atomic E-state index is -1.01. The van der Waals surface area contributed by atoms with Crippen molar-refractivity contribution in [3.63, 3.8) is 0 Å². The van der Waals surface area contributed by atoms with Crippen molar-refractivity contribution in [2.75, 3.05) is 32.7 Å². The third-order valence-corrected chi connectivity index (χ3v) is 8.45. The fourth-order valence-electron chi connectivity index (χ4n) is 5.69. The van der Waals surface area contributed by atoms with Crippen molar-refractivity contribution in [1.82, 2.24) is 14.8 Å². The highest BCUT2D eigenvalue weighted by Gasteiger charge is 2.24. The maximum absolute atomic E-state index is 11.1. The molecule has 5 N–H and O–H groups in total. The second-order valence-electron chi connectivity index (χ2n) is 11.1. The Morgan fingerprint density at radius 2 is 1.81 bits per heavy atom. The first-order valence-electron chi connectivity index (χ1n) is 14.3. The Balaban J connectivity index is 0.000000238. The normalized spacial score (nSPS) is 17.5. The molecule has 43 heavy (non-hydrogen) atoms. The van der Waals surface area contributed by atoms with Gasteiger partial charge in [0.05, 0.1) is 17.4 Å². The molecule has 4 heterocycles. The van der Waals surface area contributed by atoms with Crippen molar-refractivity contribution >= 4 is 64.3 Å². The summed E-state index contributed by atoms with van der Waals surface area (Å²) in [5.74, 6) is -0.414. The molecular weight excluding hydrogens is 615 g/mol. The van der Waals surface area contributed by atoms with E-state index < -0.39 is 5.97 Å². The molecule has 2 aliphatic heterocycles. The van der Waals surface area contributed by atoms with E-state index in [4.69, 9.17) is 31.6 Å². The summed E-state index contributed by atoms with van der Waals surface area (Å²) in [6.45, 7) is 8.15. The first-order chi connectivity index (χ1) is 19.8. The van der Waals surface area contributed by atoms with Crippen molar-refractivity contribution in [1.29, 1.82) is 0 Å². The van der Waals surface area contributed by atoms with Gasteiger partial charge in [-0.05, 0) is 76.0 Å². The van der Waals surface area contributed by atoms with Gasteiger partial charge in [-0.25, -0.2) is 4.79 Å². The van der Waals surface area contributed by atoms with Crippen LogP contribution in [0.5, 0.6) is 5.75 Å². The number of aliphatic hydroxyl groups excluding tert-OH is 1. The number of halogens is 3. The summed E-state index contributed by atoms with van der Waals surface area (Å²) < 4.78 is 11.4. The number of ether oxygens (including phenoxy) is 1. The molecule has 9 nitrogen and oxygen atoms in total. The van der Waals surface area contributed by atoms with Crippen LogP contribution in [0.2, 0.25) is 5.02 Å². The summed E-state index contributed by atoms with van der Waals surface area (Å²) in [5.41, 5.74) is 8.29. The van der Waals surface area contributed by atoms with E-state index in [-0.39, 0.29) is 43.2 Å². The molecule has 12 heteroatoms. The Kier molecular flexibility index (Phi) is 13.0. The van der Waals surface area contributed by atoms with Gasteiger partial charge in [0, 0.05) is 53.6 Å². The number of aromatic carboxylic acids is 1. The third-order valence-electron chi connectivity index (χ3n) is 8.14. The summed E-state index contributed by atoms with van der Waals surface area (Å²) in [6.07, 6.45) is 5.73. The van der Waals surface area contributed by atoms with Crippen LogP contribution in [0, 0.1) is 0 Å². The molecule has 0 bridgehead atoms. The molecule has 6 rings (SSSR count). The van der Waals surface area contributed by atoms with Gasteiger partial charge in [0.1, 0.15) is 23.6 Å². The number of hydrogen-bond donors (Lipinski definition) is 4. The van der Waals surface area contributed by atoms with Gasteiger partial charge in [-0.15, -0.1) is 24.8 Å². The van der Waals surface area contributed by atoms with Crippen molar-refractivity contribution in [2.45, 2.75) is 57.4 Å². The van der Waals surface area contributed by atoms with Crippen LogP contribution >= 0.6 is 36.4 Å². The summed E-state index contributed by atoms with van der Waals surface area (Å²) in [5, 5.41) is 20.8. The maximum atomic E-state index is 11.1. The lowest BCUT2D eigenvalue weighted by Gasteiger charge is -2.38. The van der Waals surface area contributed by atoms with Crippen LogP contribution in [0.15, 0.2) is 53.1 Å². The highest BCUT2D eigenvalue weighted by atomic mass is 35.5. The zero-order valence-corrected chi connectivity index (χ0v) is 26.6. The van der Waals surface area contributed by atoms with Crippen LogP contribution in [-0.2, 0) is 6.61 Å². The SMILES string of the molecule is C[C@@H](CN1CCC(N)CC1)N1CCC(O)CC1.Cl.Cl.O=C(O)c1cc2c(OCc3coc4cccc(Cl)c34)cccc2[nH]1. The number of carbonyl (C=O) groups is 1. The Morgan fingerprint density at radius 3 is 2.51 bits per heavy atom. The van der Waals surface area contributed by atoms with E-state index in [1.54, 1.807) is 36.6 Å². The second-order valence-corrected chi connectivity index (χ2v) is 11.5. The number of carboxylic acids is 1. The van der Waals surface area contributed by atoms with Crippen LogP contribution < -0.4 is 10.5 Å². The van der Waals surface area contributed by atoms with Crippen molar-refractivity contribution in [3.8, 4) is 5.75 Å². The summed E-state index contributed by atoms with van der Waals surface area (Å²) in [6, 6.07) is 13.5. The molecule has 0 amide bonds. The third kappa shape index (κ3) is 8.79. The van der Waals surface area contributed by atoms with Crippen molar-refractivity contribution in [3.05, 3.63) is 65.0 Å². The zero-order chi connectivity index (χ0) is 28.9. The van der Waals surface area contributed by atoms with Gasteiger partial charge < -0.3 is 35.0 Å². The number of likely N-dealkylation sites (tertiary alicyclic amines) is 2. The summed E-state index contributed by atoms with van der Waals surface area (Å²) in [4.78, 5) is 19.0. The van der Waals surface area contributed by atoms with E-state index in [0.29, 0.717) is 39.3 Å². The minimum Gasteiger partial charge on any atom is -0.488 e. The van der Waals surface area contributed by atoms with Crippen LogP contribution in [0.3, 0.4) is 0 Å². The predicted octanol–water partition coefficient (Wildman–Crippen LogP) is 5.94. The molecule has 2 fully saturated rings. The second kappa shape index (κ2) is 16.0. The van der Waals surface area contributed by atoms with Crippen molar-refractivity contribution < 1.29 is 24.2 Å². The molecule has 2 aromatic heterocycles. The Bertz CT molecular complexity index is 1460. The largest absolute Gasteiger partial charge is 0.488 e. The number of piperidine rings is 2. The Morgan fingerprint density at radius 1 is 1.12 bits per heavy atom. The van der Waals surface area contributed by atoms with Gasteiger partial charge in [-0.1, -0.05) is 23.7 Å². The number of furan rings is 1. The lowest BCUT2D eigenvalue weighted by molar-refractivity contribution is 0.0507.